The van der Waals surface area contributed by atoms with Crippen LogP contribution in [0.1, 0.15) is 0 Å². The molecule has 4 nitrogen and oxygen atoms in total. The van der Waals surface area contributed by atoms with Gasteiger partial charge in [0.1, 0.15) is 0 Å². The molecule has 5 aromatic carbocycles. The lowest BCUT2D eigenvalue weighted by Gasteiger charge is -2.10. The van der Waals surface area contributed by atoms with E-state index >= 15 is 0 Å². The van der Waals surface area contributed by atoms with Gasteiger partial charge < -0.3 is 4.57 Å². The van der Waals surface area contributed by atoms with Gasteiger partial charge in [-0.3, -0.25) is 4.57 Å². The lowest BCUT2D eigenvalue weighted by molar-refractivity contribution is 1.01. The molecule has 4 heterocycles. The summed E-state index contributed by atoms with van der Waals surface area (Å²) in [6.07, 6.45) is 4.29. The van der Waals surface area contributed by atoms with Crippen molar-refractivity contribution in [3.63, 3.8) is 0 Å². The number of fused-ring (bicyclic) bond motifs is 7. The van der Waals surface area contributed by atoms with Gasteiger partial charge >= 0.3 is 0 Å². The van der Waals surface area contributed by atoms with E-state index in [2.05, 4.69) is 137 Å². The van der Waals surface area contributed by atoms with Crippen LogP contribution in [-0.4, -0.2) is 19.1 Å². The molecule has 0 bridgehead atoms. The molecular formula is C36H22N4S. The molecule has 0 aliphatic carbocycles. The molecule has 0 spiro atoms. The maximum Gasteiger partial charge on any atom is 0.235 e. The molecule has 0 saturated heterocycles. The first-order chi connectivity index (χ1) is 20.3. The Morgan fingerprint density at radius 1 is 0.512 bits per heavy atom. The molecule has 9 rings (SSSR count). The van der Waals surface area contributed by atoms with Gasteiger partial charge in [0.05, 0.1) is 22.2 Å². The highest BCUT2D eigenvalue weighted by Gasteiger charge is 2.20. The molecule has 0 fully saturated rings. The lowest BCUT2D eigenvalue weighted by Crippen LogP contribution is -2.02. The average Bonchev–Trinajstić information content (AvgIpc) is 3.73. The van der Waals surface area contributed by atoms with E-state index in [0.717, 1.165) is 38.9 Å². The summed E-state index contributed by atoms with van der Waals surface area (Å²) in [5.41, 5.74) is 6.27. The van der Waals surface area contributed by atoms with E-state index < -0.39 is 0 Å². The Kier molecular flexibility index (Phi) is 4.74. The van der Waals surface area contributed by atoms with Crippen molar-refractivity contribution in [2.75, 3.05) is 0 Å². The van der Waals surface area contributed by atoms with E-state index in [1.807, 2.05) is 17.4 Å². The third-order valence-electron chi connectivity index (χ3n) is 7.99. The summed E-state index contributed by atoms with van der Waals surface area (Å²) in [6, 6.07) is 42.6. The zero-order chi connectivity index (χ0) is 26.9. The Bertz CT molecular complexity index is 2370. The van der Waals surface area contributed by atoms with E-state index in [1.54, 1.807) is 0 Å². The number of para-hydroxylation sites is 3. The van der Waals surface area contributed by atoms with Crippen molar-refractivity contribution in [3.8, 4) is 22.9 Å². The minimum Gasteiger partial charge on any atom is -0.321 e. The lowest BCUT2D eigenvalue weighted by atomic mass is 10.1. The third kappa shape index (κ3) is 3.33. The number of benzene rings is 5. The zero-order valence-corrected chi connectivity index (χ0v) is 22.7. The molecule has 0 N–H and O–H groups in total. The van der Waals surface area contributed by atoms with Crippen molar-refractivity contribution < 1.29 is 0 Å². The summed E-state index contributed by atoms with van der Waals surface area (Å²) in [6.45, 7) is 0. The summed E-state index contributed by atoms with van der Waals surface area (Å²) in [4.78, 5) is 10.6. The molecule has 0 radical (unpaired) electrons. The Hall–Kier alpha value is -5.26. The molecule has 41 heavy (non-hydrogen) atoms. The number of hydrogen-bond donors (Lipinski definition) is 0. The molecule has 4 aromatic heterocycles. The van der Waals surface area contributed by atoms with Gasteiger partial charge in [-0.25, -0.2) is 9.97 Å². The highest BCUT2D eigenvalue weighted by atomic mass is 32.1. The number of nitrogens with zero attached hydrogens (tertiary/aromatic N) is 4. The molecule has 192 valence electrons. The van der Waals surface area contributed by atoms with Crippen LogP contribution in [0.3, 0.4) is 0 Å². The van der Waals surface area contributed by atoms with Crippen molar-refractivity contribution in [2.24, 2.45) is 0 Å². The van der Waals surface area contributed by atoms with E-state index in [0.29, 0.717) is 5.95 Å². The van der Waals surface area contributed by atoms with Crippen LogP contribution in [0.5, 0.6) is 0 Å². The highest BCUT2D eigenvalue weighted by molar-refractivity contribution is 7.26. The largest absolute Gasteiger partial charge is 0.321 e. The van der Waals surface area contributed by atoms with E-state index in [-0.39, 0.29) is 0 Å². The van der Waals surface area contributed by atoms with Gasteiger partial charge in [0.15, 0.2) is 0 Å². The predicted molar refractivity (Wildman–Crippen MR) is 172 cm³/mol. The van der Waals surface area contributed by atoms with Gasteiger partial charge in [-0.15, -0.1) is 11.3 Å². The minimum atomic E-state index is 0.675. The molecule has 9 aromatic rings. The van der Waals surface area contributed by atoms with Crippen LogP contribution in [-0.2, 0) is 0 Å². The Morgan fingerprint density at radius 2 is 1.17 bits per heavy atom. The third-order valence-corrected chi connectivity index (χ3v) is 9.21. The molecule has 0 aliphatic heterocycles. The summed E-state index contributed by atoms with van der Waals surface area (Å²) in [7, 11) is 0. The maximum atomic E-state index is 5.39. The van der Waals surface area contributed by atoms with E-state index in [1.165, 1.54) is 30.9 Å². The first-order valence-electron chi connectivity index (χ1n) is 13.7. The van der Waals surface area contributed by atoms with Crippen molar-refractivity contribution >= 4 is 64.2 Å². The summed E-state index contributed by atoms with van der Waals surface area (Å²) in [5, 5.41) is 5.96. The maximum absolute atomic E-state index is 5.39. The molecule has 0 saturated carbocycles. The zero-order valence-electron chi connectivity index (χ0n) is 21.9. The van der Waals surface area contributed by atoms with Crippen molar-refractivity contribution in [2.45, 2.75) is 0 Å². The fourth-order valence-corrected chi connectivity index (χ4v) is 7.35. The van der Waals surface area contributed by atoms with E-state index in [4.69, 9.17) is 9.97 Å². The number of hydrogen-bond acceptors (Lipinski definition) is 3. The fourth-order valence-electron chi connectivity index (χ4n) is 6.13. The minimum absolute atomic E-state index is 0.675. The van der Waals surface area contributed by atoms with Crippen LogP contribution in [0.25, 0.3) is 75.8 Å². The van der Waals surface area contributed by atoms with Crippen molar-refractivity contribution in [3.05, 3.63) is 134 Å². The molecular weight excluding hydrogens is 520 g/mol. The SMILES string of the molecule is c1ccc(-n2cc3nc(-n4c5ccccc5c5ccccc54)nc(-c4cccc5c4sc4ccccc45)c3c2)cc1. The van der Waals surface area contributed by atoms with Gasteiger partial charge in [0.25, 0.3) is 0 Å². The van der Waals surface area contributed by atoms with E-state index in [9.17, 15) is 0 Å². The quantitative estimate of drug-likeness (QED) is 0.223. The van der Waals surface area contributed by atoms with Gasteiger partial charge in [-0.1, -0.05) is 91.0 Å². The normalized spacial score (nSPS) is 11.9. The van der Waals surface area contributed by atoms with Crippen molar-refractivity contribution in [1.82, 2.24) is 19.1 Å². The van der Waals surface area contributed by atoms with Crippen LogP contribution in [0.4, 0.5) is 0 Å². The average molecular weight is 543 g/mol. The standard InChI is InChI=1S/C36H22N4S/c1-2-11-23(12-3-1)39-21-29-30(22-39)37-36(40-31-18-7-4-13-24(31)25-14-5-8-19-32(25)40)38-34(29)28-17-10-16-27-26-15-6-9-20-33(26)41-35(27)28/h1-22H. The molecule has 5 heteroatoms. The number of rotatable bonds is 3. The Labute approximate surface area is 239 Å². The second-order valence-electron chi connectivity index (χ2n) is 10.3. The number of thiophene rings is 1. The monoisotopic (exact) mass is 542 g/mol. The second kappa shape index (κ2) is 8.62. The molecule has 0 aliphatic rings. The van der Waals surface area contributed by atoms with Crippen LogP contribution in [0, 0.1) is 0 Å². The highest BCUT2D eigenvalue weighted by Crippen LogP contribution is 2.42. The van der Waals surface area contributed by atoms with Crippen LogP contribution >= 0.6 is 11.3 Å². The first-order valence-corrected chi connectivity index (χ1v) is 14.5. The number of aromatic nitrogens is 4. The summed E-state index contributed by atoms with van der Waals surface area (Å²) in [5.74, 6) is 0.675. The van der Waals surface area contributed by atoms with Crippen LogP contribution < -0.4 is 0 Å². The molecule has 0 atom stereocenters. The van der Waals surface area contributed by atoms with Crippen LogP contribution in [0.15, 0.2) is 134 Å². The van der Waals surface area contributed by atoms with Crippen molar-refractivity contribution in [1.29, 1.82) is 0 Å². The Morgan fingerprint density at radius 3 is 1.95 bits per heavy atom. The topological polar surface area (TPSA) is 35.6 Å². The smallest absolute Gasteiger partial charge is 0.235 e. The summed E-state index contributed by atoms with van der Waals surface area (Å²) < 4.78 is 6.89. The summed E-state index contributed by atoms with van der Waals surface area (Å²) >= 11 is 1.83. The van der Waals surface area contributed by atoms with Gasteiger partial charge in [-0.05, 0) is 30.3 Å². The van der Waals surface area contributed by atoms with Gasteiger partial charge in [0, 0.05) is 60.0 Å². The fraction of sp³-hybridized carbons (Fsp3) is 0. The Balaban J connectivity index is 1.41. The first kappa shape index (κ1) is 22.5. The van der Waals surface area contributed by atoms with Gasteiger partial charge in [0.2, 0.25) is 5.95 Å². The van der Waals surface area contributed by atoms with Crippen LogP contribution in [0.2, 0.25) is 0 Å². The second-order valence-corrected chi connectivity index (χ2v) is 11.4. The molecule has 0 amide bonds. The van der Waals surface area contributed by atoms with Gasteiger partial charge in [-0.2, -0.15) is 0 Å². The predicted octanol–water partition coefficient (Wildman–Crippen LogP) is 9.55. The molecule has 0 unspecified atom stereocenters.